The number of carbonyl (C=O) groups is 1. The molecule has 0 heterocycles. The quantitative estimate of drug-likeness (QED) is 0.642. The SMILES string of the molecule is CC(NCC(C)C(C)C)C(N)=O. The lowest BCUT2D eigenvalue weighted by atomic mass is 9.98. The minimum absolute atomic E-state index is 0.216. The molecule has 0 saturated carbocycles. The molecule has 1 amide bonds. The first-order chi connectivity index (χ1) is 5.45. The van der Waals surface area contributed by atoms with Crippen molar-refractivity contribution in [2.75, 3.05) is 6.54 Å². The zero-order valence-corrected chi connectivity index (χ0v) is 8.42. The number of primary amides is 1. The summed E-state index contributed by atoms with van der Waals surface area (Å²) < 4.78 is 0. The van der Waals surface area contributed by atoms with E-state index in [4.69, 9.17) is 5.73 Å². The third-order valence-electron chi connectivity index (χ3n) is 2.31. The minimum Gasteiger partial charge on any atom is -0.368 e. The number of carbonyl (C=O) groups excluding carboxylic acids is 1. The van der Waals surface area contributed by atoms with Crippen molar-refractivity contribution in [2.45, 2.75) is 33.7 Å². The van der Waals surface area contributed by atoms with Crippen LogP contribution in [0.25, 0.3) is 0 Å². The monoisotopic (exact) mass is 172 g/mol. The van der Waals surface area contributed by atoms with Gasteiger partial charge in [0.2, 0.25) is 5.91 Å². The zero-order chi connectivity index (χ0) is 9.72. The van der Waals surface area contributed by atoms with Crippen molar-refractivity contribution in [3.8, 4) is 0 Å². The average Bonchev–Trinajstić information content (AvgIpc) is 1.98. The fourth-order valence-corrected chi connectivity index (χ4v) is 0.699. The molecule has 0 aliphatic carbocycles. The predicted molar refractivity (Wildman–Crippen MR) is 50.7 cm³/mol. The molecular formula is C9H20N2O. The van der Waals surface area contributed by atoms with Gasteiger partial charge in [0.05, 0.1) is 6.04 Å². The standard InChI is InChI=1S/C9H20N2O/c1-6(2)7(3)5-11-8(4)9(10)12/h6-8,11H,5H2,1-4H3,(H2,10,12). The van der Waals surface area contributed by atoms with Gasteiger partial charge < -0.3 is 11.1 Å². The minimum atomic E-state index is -0.286. The molecule has 0 aliphatic rings. The third-order valence-corrected chi connectivity index (χ3v) is 2.31. The van der Waals surface area contributed by atoms with E-state index in [-0.39, 0.29) is 11.9 Å². The molecule has 3 heteroatoms. The van der Waals surface area contributed by atoms with E-state index >= 15 is 0 Å². The van der Waals surface area contributed by atoms with E-state index in [1.54, 1.807) is 6.92 Å². The normalized spacial score (nSPS) is 16.1. The van der Waals surface area contributed by atoms with Crippen LogP contribution in [0.3, 0.4) is 0 Å². The maximum Gasteiger partial charge on any atom is 0.234 e. The molecule has 0 radical (unpaired) electrons. The highest BCUT2D eigenvalue weighted by Crippen LogP contribution is 2.07. The van der Waals surface area contributed by atoms with Crippen LogP contribution < -0.4 is 11.1 Å². The summed E-state index contributed by atoms with van der Waals surface area (Å²) in [5.74, 6) is 0.926. The molecule has 72 valence electrons. The van der Waals surface area contributed by atoms with Crippen LogP contribution in [0.1, 0.15) is 27.7 Å². The van der Waals surface area contributed by atoms with Gasteiger partial charge in [0.1, 0.15) is 0 Å². The number of hydrogen-bond acceptors (Lipinski definition) is 2. The first-order valence-corrected chi connectivity index (χ1v) is 4.47. The third kappa shape index (κ3) is 4.34. The lowest BCUT2D eigenvalue weighted by Gasteiger charge is -2.18. The zero-order valence-electron chi connectivity index (χ0n) is 8.42. The molecule has 0 aromatic carbocycles. The fourth-order valence-electron chi connectivity index (χ4n) is 0.699. The molecule has 0 rings (SSSR count). The Morgan fingerprint density at radius 3 is 2.17 bits per heavy atom. The summed E-state index contributed by atoms with van der Waals surface area (Å²) in [6.45, 7) is 9.13. The second kappa shape index (κ2) is 5.14. The summed E-state index contributed by atoms with van der Waals surface area (Å²) in [6.07, 6.45) is 0. The molecule has 0 aromatic heterocycles. The van der Waals surface area contributed by atoms with E-state index in [2.05, 4.69) is 26.1 Å². The van der Waals surface area contributed by atoms with Crippen molar-refractivity contribution in [3.63, 3.8) is 0 Å². The fraction of sp³-hybridized carbons (Fsp3) is 0.889. The van der Waals surface area contributed by atoms with Gasteiger partial charge in [0.25, 0.3) is 0 Å². The van der Waals surface area contributed by atoms with Crippen LogP contribution in [0.15, 0.2) is 0 Å². The summed E-state index contributed by atoms with van der Waals surface area (Å²) in [7, 11) is 0. The van der Waals surface area contributed by atoms with Crippen molar-refractivity contribution >= 4 is 5.91 Å². The highest BCUT2D eigenvalue weighted by Gasteiger charge is 2.11. The Morgan fingerprint density at radius 2 is 1.83 bits per heavy atom. The molecule has 0 saturated heterocycles. The Labute approximate surface area is 74.7 Å². The van der Waals surface area contributed by atoms with E-state index in [0.717, 1.165) is 6.54 Å². The largest absolute Gasteiger partial charge is 0.368 e. The predicted octanol–water partition coefficient (Wildman–Crippen LogP) is 0.742. The maximum absolute atomic E-state index is 10.6. The first-order valence-electron chi connectivity index (χ1n) is 4.47. The number of nitrogens with two attached hydrogens (primary N) is 1. The molecule has 2 atom stereocenters. The molecule has 0 bridgehead atoms. The molecule has 0 aliphatic heterocycles. The molecule has 12 heavy (non-hydrogen) atoms. The van der Waals surface area contributed by atoms with Gasteiger partial charge in [-0.3, -0.25) is 4.79 Å². The van der Waals surface area contributed by atoms with Crippen LogP contribution in [0.4, 0.5) is 0 Å². The van der Waals surface area contributed by atoms with Crippen LogP contribution in [-0.2, 0) is 4.79 Å². The Balaban J connectivity index is 3.61. The van der Waals surface area contributed by atoms with Crippen LogP contribution >= 0.6 is 0 Å². The van der Waals surface area contributed by atoms with E-state index in [1.165, 1.54) is 0 Å². The molecule has 2 unspecified atom stereocenters. The van der Waals surface area contributed by atoms with Gasteiger partial charge in [-0.1, -0.05) is 20.8 Å². The van der Waals surface area contributed by atoms with E-state index in [1.807, 2.05) is 0 Å². The van der Waals surface area contributed by atoms with E-state index in [0.29, 0.717) is 11.8 Å². The van der Waals surface area contributed by atoms with E-state index < -0.39 is 0 Å². The lowest BCUT2D eigenvalue weighted by molar-refractivity contribution is -0.119. The van der Waals surface area contributed by atoms with Gasteiger partial charge in [0, 0.05) is 0 Å². The molecule has 0 fully saturated rings. The molecule has 0 spiro atoms. The highest BCUT2D eigenvalue weighted by molar-refractivity contribution is 5.79. The lowest BCUT2D eigenvalue weighted by Crippen LogP contribution is -2.41. The Bertz CT molecular complexity index is 145. The number of nitrogens with one attached hydrogen (secondary N) is 1. The Kier molecular flexibility index (Phi) is 4.90. The topological polar surface area (TPSA) is 55.1 Å². The summed E-state index contributed by atoms with van der Waals surface area (Å²) >= 11 is 0. The Morgan fingerprint density at radius 1 is 1.33 bits per heavy atom. The van der Waals surface area contributed by atoms with Crippen LogP contribution in [0, 0.1) is 11.8 Å². The van der Waals surface area contributed by atoms with Crippen molar-refractivity contribution in [1.29, 1.82) is 0 Å². The summed E-state index contributed by atoms with van der Waals surface area (Å²) in [4.78, 5) is 10.6. The second-order valence-electron chi connectivity index (χ2n) is 3.75. The van der Waals surface area contributed by atoms with Crippen molar-refractivity contribution in [1.82, 2.24) is 5.32 Å². The smallest absolute Gasteiger partial charge is 0.234 e. The van der Waals surface area contributed by atoms with Gasteiger partial charge in [-0.25, -0.2) is 0 Å². The highest BCUT2D eigenvalue weighted by atomic mass is 16.1. The number of hydrogen-bond donors (Lipinski definition) is 2. The Hall–Kier alpha value is -0.570. The van der Waals surface area contributed by atoms with Gasteiger partial charge in [-0.15, -0.1) is 0 Å². The van der Waals surface area contributed by atoms with Gasteiger partial charge in [-0.05, 0) is 25.3 Å². The summed E-state index contributed by atoms with van der Waals surface area (Å²) in [5.41, 5.74) is 5.10. The van der Waals surface area contributed by atoms with Crippen molar-refractivity contribution < 1.29 is 4.79 Å². The maximum atomic E-state index is 10.6. The van der Waals surface area contributed by atoms with Crippen LogP contribution in [0.2, 0.25) is 0 Å². The molecule has 0 aromatic rings. The molecule has 3 nitrogen and oxygen atoms in total. The van der Waals surface area contributed by atoms with Crippen LogP contribution in [-0.4, -0.2) is 18.5 Å². The number of amides is 1. The van der Waals surface area contributed by atoms with Gasteiger partial charge >= 0.3 is 0 Å². The number of rotatable bonds is 5. The van der Waals surface area contributed by atoms with Gasteiger partial charge in [0.15, 0.2) is 0 Å². The second-order valence-corrected chi connectivity index (χ2v) is 3.75. The molecular weight excluding hydrogens is 152 g/mol. The first kappa shape index (κ1) is 11.4. The summed E-state index contributed by atoms with van der Waals surface area (Å²) in [6, 6.07) is -0.216. The van der Waals surface area contributed by atoms with Crippen LogP contribution in [0.5, 0.6) is 0 Å². The van der Waals surface area contributed by atoms with Gasteiger partial charge in [-0.2, -0.15) is 0 Å². The van der Waals surface area contributed by atoms with E-state index in [9.17, 15) is 4.79 Å². The van der Waals surface area contributed by atoms with Crippen molar-refractivity contribution in [3.05, 3.63) is 0 Å². The molecule has 3 N–H and O–H groups in total. The van der Waals surface area contributed by atoms with Crippen molar-refractivity contribution in [2.24, 2.45) is 17.6 Å². The average molecular weight is 172 g/mol. The summed E-state index contributed by atoms with van der Waals surface area (Å²) in [5, 5.41) is 3.09.